The van der Waals surface area contributed by atoms with Gasteiger partial charge in [-0.3, -0.25) is 4.90 Å². The summed E-state index contributed by atoms with van der Waals surface area (Å²) in [7, 11) is 0. The van der Waals surface area contributed by atoms with Crippen LogP contribution in [0.2, 0.25) is 0 Å². The highest BCUT2D eigenvalue weighted by molar-refractivity contribution is 4.89. The average Bonchev–Trinajstić information content (AvgIpc) is 2.43. The second-order valence-corrected chi connectivity index (χ2v) is 5.82. The van der Waals surface area contributed by atoms with E-state index in [-0.39, 0.29) is 0 Å². The van der Waals surface area contributed by atoms with E-state index in [1.165, 1.54) is 45.1 Å². The Bertz CT molecular complexity index is 233. The van der Waals surface area contributed by atoms with Crippen LogP contribution in [0, 0.1) is 0 Å². The Kier molecular flexibility index (Phi) is 5.93. The molecule has 1 heterocycles. The first kappa shape index (κ1) is 14.3. The van der Waals surface area contributed by atoms with Crippen LogP contribution in [0.15, 0.2) is 0 Å². The lowest BCUT2D eigenvalue weighted by atomic mass is 9.90. The standard InChI is InChI=1S/C15H30N2O/c1-3-9-16-13(4-2)12-17-10-11-18-15-8-6-5-7-14(15)17/h13-16H,3-12H2,1-2H3. The van der Waals surface area contributed by atoms with E-state index >= 15 is 0 Å². The third kappa shape index (κ3) is 3.69. The van der Waals surface area contributed by atoms with E-state index in [0.717, 1.165) is 19.7 Å². The molecule has 1 saturated carbocycles. The molecule has 106 valence electrons. The summed E-state index contributed by atoms with van der Waals surface area (Å²) < 4.78 is 5.95. The van der Waals surface area contributed by atoms with Gasteiger partial charge in [0.25, 0.3) is 0 Å². The lowest BCUT2D eigenvalue weighted by Gasteiger charge is -2.45. The van der Waals surface area contributed by atoms with Crippen LogP contribution in [0.5, 0.6) is 0 Å². The summed E-state index contributed by atoms with van der Waals surface area (Å²) in [6.45, 7) is 8.96. The fraction of sp³-hybridized carbons (Fsp3) is 1.00. The molecule has 2 fully saturated rings. The molecule has 3 nitrogen and oxygen atoms in total. The summed E-state index contributed by atoms with van der Waals surface area (Å²) in [4.78, 5) is 2.70. The molecule has 0 amide bonds. The zero-order valence-electron chi connectivity index (χ0n) is 12.2. The highest BCUT2D eigenvalue weighted by atomic mass is 16.5. The molecule has 0 aromatic heterocycles. The summed E-state index contributed by atoms with van der Waals surface area (Å²) >= 11 is 0. The van der Waals surface area contributed by atoms with Crippen LogP contribution >= 0.6 is 0 Å². The molecule has 1 saturated heterocycles. The maximum absolute atomic E-state index is 5.95. The molecule has 3 unspecified atom stereocenters. The second kappa shape index (κ2) is 7.46. The van der Waals surface area contributed by atoms with Crippen molar-refractivity contribution >= 4 is 0 Å². The lowest BCUT2D eigenvalue weighted by Crippen LogP contribution is -2.56. The van der Waals surface area contributed by atoms with Crippen LogP contribution in [0.3, 0.4) is 0 Å². The Morgan fingerprint density at radius 1 is 1.28 bits per heavy atom. The zero-order valence-corrected chi connectivity index (χ0v) is 12.2. The Morgan fingerprint density at radius 2 is 2.11 bits per heavy atom. The van der Waals surface area contributed by atoms with E-state index in [1.54, 1.807) is 0 Å². The number of nitrogens with one attached hydrogen (secondary N) is 1. The molecule has 1 aliphatic carbocycles. The van der Waals surface area contributed by atoms with E-state index in [4.69, 9.17) is 4.74 Å². The van der Waals surface area contributed by atoms with Crippen molar-refractivity contribution in [3.63, 3.8) is 0 Å². The van der Waals surface area contributed by atoms with Crippen LogP contribution in [0.25, 0.3) is 0 Å². The van der Waals surface area contributed by atoms with Gasteiger partial charge in [-0.15, -0.1) is 0 Å². The van der Waals surface area contributed by atoms with Crippen molar-refractivity contribution in [3.05, 3.63) is 0 Å². The minimum absolute atomic E-state index is 0.524. The third-order valence-electron chi connectivity index (χ3n) is 4.48. The molecule has 2 aliphatic rings. The van der Waals surface area contributed by atoms with Crippen molar-refractivity contribution in [1.82, 2.24) is 10.2 Å². The van der Waals surface area contributed by atoms with Crippen molar-refractivity contribution < 1.29 is 4.74 Å². The highest BCUT2D eigenvalue weighted by Gasteiger charge is 2.34. The average molecular weight is 254 g/mol. The molecule has 0 aromatic rings. The SMILES string of the molecule is CCCNC(CC)CN1CCOC2CCCCC21. The minimum Gasteiger partial charge on any atom is -0.375 e. The van der Waals surface area contributed by atoms with Gasteiger partial charge in [-0.25, -0.2) is 0 Å². The molecule has 1 N–H and O–H groups in total. The quantitative estimate of drug-likeness (QED) is 0.788. The van der Waals surface area contributed by atoms with Gasteiger partial charge in [0.05, 0.1) is 12.7 Å². The van der Waals surface area contributed by atoms with E-state index < -0.39 is 0 Å². The zero-order chi connectivity index (χ0) is 12.8. The molecule has 0 radical (unpaired) electrons. The van der Waals surface area contributed by atoms with Gasteiger partial charge in [-0.05, 0) is 32.2 Å². The summed E-state index contributed by atoms with van der Waals surface area (Å²) in [6, 6.07) is 1.36. The predicted molar refractivity (Wildman–Crippen MR) is 75.9 cm³/mol. The van der Waals surface area contributed by atoms with Crippen molar-refractivity contribution in [1.29, 1.82) is 0 Å². The van der Waals surface area contributed by atoms with Crippen LogP contribution in [0.1, 0.15) is 52.4 Å². The molecular formula is C15H30N2O. The number of nitrogens with zero attached hydrogens (tertiary/aromatic N) is 1. The topological polar surface area (TPSA) is 24.5 Å². The Labute approximate surface area is 112 Å². The molecule has 3 heteroatoms. The minimum atomic E-state index is 0.524. The van der Waals surface area contributed by atoms with Gasteiger partial charge in [0.2, 0.25) is 0 Å². The number of rotatable bonds is 6. The van der Waals surface area contributed by atoms with E-state index in [2.05, 4.69) is 24.1 Å². The molecule has 1 aliphatic heterocycles. The molecule has 2 rings (SSSR count). The maximum atomic E-state index is 5.95. The van der Waals surface area contributed by atoms with E-state index in [9.17, 15) is 0 Å². The summed E-state index contributed by atoms with van der Waals surface area (Å²) in [5.74, 6) is 0. The maximum Gasteiger partial charge on any atom is 0.0730 e. The van der Waals surface area contributed by atoms with E-state index in [0.29, 0.717) is 18.2 Å². The van der Waals surface area contributed by atoms with Gasteiger partial charge in [0.15, 0.2) is 0 Å². The number of fused-ring (bicyclic) bond motifs is 1. The Balaban J connectivity index is 1.85. The van der Waals surface area contributed by atoms with Gasteiger partial charge in [0, 0.05) is 25.2 Å². The Hall–Kier alpha value is -0.120. The van der Waals surface area contributed by atoms with Crippen molar-refractivity contribution in [3.8, 4) is 0 Å². The van der Waals surface area contributed by atoms with Crippen LogP contribution in [-0.4, -0.2) is 49.3 Å². The van der Waals surface area contributed by atoms with Crippen molar-refractivity contribution in [2.75, 3.05) is 26.2 Å². The van der Waals surface area contributed by atoms with Crippen LogP contribution in [0.4, 0.5) is 0 Å². The smallest absolute Gasteiger partial charge is 0.0730 e. The first-order valence-electron chi connectivity index (χ1n) is 7.94. The first-order chi connectivity index (χ1) is 8.85. The Morgan fingerprint density at radius 3 is 2.89 bits per heavy atom. The van der Waals surface area contributed by atoms with Crippen molar-refractivity contribution in [2.24, 2.45) is 0 Å². The summed E-state index contributed by atoms with van der Waals surface area (Å²) in [5, 5.41) is 3.68. The highest BCUT2D eigenvalue weighted by Crippen LogP contribution is 2.28. The number of hydrogen-bond acceptors (Lipinski definition) is 3. The fourth-order valence-corrected chi connectivity index (χ4v) is 3.37. The molecule has 3 atom stereocenters. The monoisotopic (exact) mass is 254 g/mol. The summed E-state index contributed by atoms with van der Waals surface area (Å²) in [5.41, 5.74) is 0. The fourth-order valence-electron chi connectivity index (χ4n) is 3.37. The van der Waals surface area contributed by atoms with Gasteiger partial charge in [-0.2, -0.15) is 0 Å². The number of ether oxygens (including phenoxy) is 1. The van der Waals surface area contributed by atoms with Crippen LogP contribution < -0.4 is 5.32 Å². The molecule has 18 heavy (non-hydrogen) atoms. The normalized spacial score (nSPS) is 31.0. The molecular weight excluding hydrogens is 224 g/mol. The summed E-state index contributed by atoms with van der Waals surface area (Å²) in [6.07, 6.45) is 8.35. The largest absolute Gasteiger partial charge is 0.375 e. The van der Waals surface area contributed by atoms with Crippen LogP contribution in [-0.2, 0) is 4.74 Å². The number of hydrogen-bond donors (Lipinski definition) is 1. The van der Waals surface area contributed by atoms with Gasteiger partial charge in [-0.1, -0.05) is 26.7 Å². The van der Waals surface area contributed by atoms with Gasteiger partial charge in [0.1, 0.15) is 0 Å². The number of morpholine rings is 1. The van der Waals surface area contributed by atoms with E-state index in [1.807, 2.05) is 0 Å². The third-order valence-corrected chi connectivity index (χ3v) is 4.48. The van der Waals surface area contributed by atoms with Gasteiger partial charge < -0.3 is 10.1 Å². The molecule has 0 aromatic carbocycles. The van der Waals surface area contributed by atoms with Gasteiger partial charge >= 0.3 is 0 Å². The molecule has 0 spiro atoms. The molecule has 0 bridgehead atoms. The first-order valence-corrected chi connectivity index (χ1v) is 7.94. The predicted octanol–water partition coefficient (Wildman–Crippen LogP) is 2.41. The lowest BCUT2D eigenvalue weighted by molar-refractivity contribution is -0.0902. The second-order valence-electron chi connectivity index (χ2n) is 5.82. The van der Waals surface area contributed by atoms with Crippen molar-refractivity contribution in [2.45, 2.75) is 70.6 Å².